The standard InChI is InChI=1S/C8H10ClN3O4S2/c1-12-4-11-6-2-5(9)7(17(10,13)14)3-8(6)18(12,15)16/h2-3,11H,4H2,1H3,(H2,10,13,14). The highest BCUT2D eigenvalue weighted by atomic mass is 35.5. The lowest BCUT2D eigenvalue weighted by Gasteiger charge is -2.26. The van der Waals surface area contributed by atoms with Crippen LogP contribution in [0, 0.1) is 0 Å². The molecule has 1 aromatic rings. The molecule has 100 valence electrons. The lowest BCUT2D eigenvalue weighted by atomic mass is 10.3. The van der Waals surface area contributed by atoms with E-state index in [1.165, 1.54) is 13.1 Å². The number of benzene rings is 1. The van der Waals surface area contributed by atoms with Crippen LogP contribution in [0.1, 0.15) is 0 Å². The number of halogens is 1. The molecule has 10 heteroatoms. The van der Waals surface area contributed by atoms with Gasteiger partial charge in [-0.3, -0.25) is 0 Å². The van der Waals surface area contributed by atoms with Crippen LogP contribution in [0.15, 0.2) is 21.9 Å². The quantitative estimate of drug-likeness (QED) is 0.758. The summed E-state index contributed by atoms with van der Waals surface area (Å²) in [5.41, 5.74) is 0.255. The molecule has 0 spiro atoms. The summed E-state index contributed by atoms with van der Waals surface area (Å²) in [5.74, 6) is 0. The molecule has 2 rings (SSSR count). The predicted octanol–water partition coefficient (Wildman–Crippen LogP) is -0.00910. The van der Waals surface area contributed by atoms with Gasteiger partial charge < -0.3 is 5.32 Å². The molecule has 0 bridgehead atoms. The lowest BCUT2D eigenvalue weighted by molar-refractivity contribution is 0.482. The first-order valence-electron chi connectivity index (χ1n) is 4.70. The van der Waals surface area contributed by atoms with E-state index in [2.05, 4.69) is 5.32 Å². The Balaban J connectivity index is 2.79. The fraction of sp³-hybridized carbons (Fsp3) is 0.250. The van der Waals surface area contributed by atoms with Crippen LogP contribution in [-0.4, -0.2) is 34.9 Å². The molecule has 0 aliphatic carbocycles. The second-order valence-electron chi connectivity index (χ2n) is 3.76. The zero-order valence-electron chi connectivity index (χ0n) is 9.21. The van der Waals surface area contributed by atoms with Crippen LogP contribution < -0.4 is 10.5 Å². The Morgan fingerprint density at radius 1 is 1.44 bits per heavy atom. The molecule has 0 radical (unpaired) electrons. The van der Waals surface area contributed by atoms with E-state index in [1.54, 1.807) is 0 Å². The minimum absolute atomic E-state index is 0.0837. The molecule has 0 saturated heterocycles. The lowest BCUT2D eigenvalue weighted by Crippen LogP contribution is -2.36. The van der Waals surface area contributed by atoms with E-state index in [1.807, 2.05) is 0 Å². The van der Waals surface area contributed by atoms with Gasteiger partial charge in [-0.25, -0.2) is 22.0 Å². The average molecular weight is 312 g/mol. The highest BCUT2D eigenvalue weighted by Gasteiger charge is 2.31. The number of hydrogen-bond donors (Lipinski definition) is 2. The van der Waals surface area contributed by atoms with E-state index in [0.29, 0.717) is 0 Å². The highest BCUT2D eigenvalue weighted by molar-refractivity contribution is 7.90. The number of primary sulfonamides is 1. The van der Waals surface area contributed by atoms with Gasteiger partial charge in [-0.1, -0.05) is 11.6 Å². The second kappa shape index (κ2) is 4.07. The predicted molar refractivity (Wildman–Crippen MR) is 66.3 cm³/mol. The molecule has 1 heterocycles. The molecule has 0 fully saturated rings. The van der Waals surface area contributed by atoms with Crippen LogP contribution in [0.3, 0.4) is 0 Å². The normalized spacial score (nSPS) is 19.1. The summed E-state index contributed by atoms with van der Waals surface area (Å²) >= 11 is 5.77. The number of sulfonamides is 2. The molecule has 0 atom stereocenters. The Kier molecular flexibility index (Phi) is 3.06. The molecule has 1 aliphatic heterocycles. The number of nitrogens with zero attached hydrogens (tertiary/aromatic N) is 1. The molecule has 0 saturated carbocycles. The van der Waals surface area contributed by atoms with Gasteiger partial charge in [-0.2, -0.15) is 4.31 Å². The van der Waals surface area contributed by atoms with Crippen molar-refractivity contribution in [2.45, 2.75) is 9.79 Å². The van der Waals surface area contributed by atoms with Gasteiger partial charge >= 0.3 is 0 Å². The van der Waals surface area contributed by atoms with Gasteiger partial charge in [-0.15, -0.1) is 0 Å². The summed E-state index contributed by atoms with van der Waals surface area (Å²) < 4.78 is 47.6. The van der Waals surface area contributed by atoms with E-state index in [0.717, 1.165) is 10.4 Å². The average Bonchev–Trinajstić information content (AvgIpc) is 2.21. The zero-order valence-corrected chi connectivity index (χ0v) is 11.6. The van der Waals surface area contributed by atoms with Gasteiger partial charge in [0.15, 0.2) is 0 Å². The fourth-order valence-corrected chi connectivity index (χ4v) is 3.97. The summed E-state index contributed by atoms with van der Waals surface area (Å²) in [6.07, 6.45) is 0. The first kappa shape index (κ1) is 13.6. The SMILES string of the molecule is CN1CNc2cc(Cl)c(S(N)(=O)=O)cc2S1(=O)=O. The number of fused-ring (bicyclic) bond motifs is 1. The molecule has 1 aliphatic rings. The van der Waals surface area contributed by atoms with E-state index in [-0.39, 0.29) is 22.3 Å². The third kappa shape index (κ3) is 2.08. The van der Waals surface area contributed by atoms with Gasteiger partial charge in [0.2, 0.25) is 20.0 Å². The van der Waals surface area contributed by atoms with E-state index < -0.39 is 24.9 Å². The van der Waals surface area contributed by atoms with E-state index >= 15 is 0 Å². The van der Waals surface area contributed by atoms with Crippen LogP contribution in [0.2, 0.25) is 5.02 Å². The summed E-state index contributed by atoms with van der Waals surface area (Å²) in [5, 5.41) is 7.67. The first-order chi connectivity index (χ1) is 8.14. The fourth-order valence-electron chi connectivity index (χ4n) is 1.55. The summed E-state index contributed by atoms with van der Waals surface area (Å²) in [6.45, 7) is 0.0837. The van der Waals surface area contributed by atoms with Crippen molar-refractivity contribution < 1.29 is 16.8 Å². The molecule has 7 nitrogen and oxygen atoms in total. The number of rotatable bonds is 1. The Morgan fingerprint density at radius 2 is 2.06 bits per heavy atom. The van der Waals surface area contributed by atoms with Crippen LogP contribution >= 0.6 is 11.6 Å². The molecular formula is C8H10ClN3O4S2. The summed E-state index contributed by atoms with van der Waals surface area (Å²) in [7, 11) is -6.43. The van der Waals surface area contributed by atoms with E-state index in [9.17, 15) is 16.8 Å². The van der Waals surface area contributed by atoms with Gasteiger partial charge in [0.25, 0.3) is 0 Å². The molecule has 3 N–H and O–H groups in total. The van der Waals surface area contributed by atoms with Crippen LogP contribution in [0.5, 0.6) is 0 Å². The van der Waals surface area contributed by atoms with Crippen LogP contribution in [0.25, 0.3) is 0 Å². The van der Waals surface area contributed by atoms with Gasteiger partial charge in [0, 0.05) is 7.05 Å². The Hall–Kier alpha value is -0.870. The molecule has 18 heavy (non-hydrogen) atoms. The Bertz CT molecular complexity index is 714. The molecule has 0 amide bonds. The second-order valence-corrected chi connectivity index (χ2v) is 7.71. The molecule has 1 aromatic carbocycles. The topological polar surface area (TPSA) is 110 Å². The van der Waals surface area contributed by atoms with Crippen molar-refractivity contribution in [3.8, 4) is 0 Å². The van der Waals surface area contributed by atoms with Crippen molar-refractivity contribution >= 4 is 37.3 Å². The minimum atomic E-state index is -4.08. The van der Waals surface area contributed by atoms with Gasteiger partial charge in [0.1, 0.15) is 9.79 Å². The molecule has 0 unspecified atom stereocenters. The zero-order chi connectivity index (χ0) is 13.7. The Morgan fingerprint density at radius 3 is 2.61 bits per heavy atom. The van der Waals surface area contributed by atoms with Crippen molar-refractivity contribution in [1.82, 2.24) is 4.31 Å². The smallest absolute Gasteiger partial charge is 0.246 e. The first-order valence-corrected chi connectivity index (χ1v) is 8.07. The highest BCUT2D eigenvalue weighted by Crippen LogP contribution is 2.34. The minimum Gasteiger partial charge on any atom is -0.370 e. The van der Waals surface area contributed by atoms with Gasteiger partial charge in [-0.05, 0) is 12.1 Å². The van der Waals surface area contributed by atoms with Crippen LogP contribution in [0.4, 0.5) is 5.69 Å². The summed E-state index contributed by atoms with van der Waals surface area (Å²) in [6, 6.07) is 2.20. The van der Waals surface area contributed by atoms with Crippen molar-refractivity contribution in [3.63, 3.8) is 0 Å². The largest absolute Gasteiger partial charge is 0.370 e. The third-order valence-electron chi connectivity index (χ3n) is 2.52. The summed E-state index contributed by atoms with van der Waals surface area (Å²) in [4.78, 5) is -0.576. The maximum absolute atomic E-state index is 12.0. The van der Waals surface area contributed by atoms with Crippen molar-refractivity contribution in [2.24, 2.45) is 5.14 Å². The number of nitrogens with two attached hydrogens (primary N) is 1. The number of hydrogen-bond acceptors (Lipinski definition) is 5. The monoisotopic (exact) mass is 311 g/mol. The third-order valence-corrected chi connectivity index (χ3v) is 5.74. The van der Waals surface area contributed by atoms with Crippen molar-refractivity contribution in [1.29, 1.82) is 0 Å². The molecule has 0 aromatic heterocycles. The Labute approximate surface area is 110 Å². The maximum Gasteiger partial charge on any atom is 0.246 e. The van der Waals surface area contributed by atoms with Crippen molar-refractivity contribution in [3.05, 3.63) is 17.2 Å². The van der Waals surface area contributed by atoms with Crippen LogP contribution in [-0.2, 0) is 20.0 Å². The molecular weight excluding hydrogens is 302 g/mol. The van der Waals surface area contributed by atoms with Gasteiger partial charge in [0.05, 0.1) is 17.4 Å². The van der Waals surface area contributed by atoms with Crippen molar-refractivity contribution in [2.75, 3.05) is 19.0 Å². The number of anilines is 1. The maximum atomic E-state index is 12.0. The number of nitrogens with one attached hydrogen (secondary N) is 1. The van der Waals surface area contributed by atoms with E-state index in [4.69, 9.17) is 16.7 Å².